The van der Waals surface area contributed by atoms with Crippen LogP contribution in [0.4, 0.5) is 0 Å². The third kappa shape index (κ3) is 2.84. The van der Waals surface area contributed by atoms with Gasteiger partial charge in [-0.3, -0.25) is 4.79 Å². The minimum absolute atomic E-state index is 0.279. The van der Waals surface area contributed by atoms with Crippen molar-refractivity contribution in [2.45, 2.75) is 33.6 Å². The summed E-state index contributed by atoms with van der Waals surface area (Å²) in [5.41, 5.74) is 1.87. The molecule has 16 heavy (non-hydrogen) atoms. The Bertz CT molecular complexity index is 365. The molecule has 2 rings (SSSR count). The third-order valence-corrected chi connectivity index (χ3v) is 2.66. The number of methoxy groups -OCH3 is 1. The molecular formula is C14H20O2. The van der Waals surface area contributed by atoms with Crippen LogP contribution >= 0.6 is 0 Å². The van der Waals surface area contributed by atoms with E-state index >= 15 is 0 Å². The normalized spacial score (nSPS) is 13.8. The second-order valence-electron chi connectivity index (χ2n) is 3.82. The smallest absolute Gasteiger partial charge is 0.166 e. The molecule has 88 valence electrons. The molecule has 0 saturated heterocycles. The van der Waals surface area contributed by atoms with Crippen LogP contribution in [0.25, 0.3) is 0 Å². The van der Waals surface area contributed by atoms with Crippen LogP contribution in [0.5, 0.6) is 5.75 Å². The molecule has 1 saturated carbocycles. The minimum Gasteiger partial charge on any atom is -0.497 e. The van der Waals surface area contributed by atoms with Crippen LogP contribution in [0, 0.1) is 12.8 Å². The lowest BCUT2D eigenvalue weighted by Crippen LogP contribution is -2.04. The largest absolute Gasteiger partial charge is 0.497 e. The fourth-order valence-corrected chi connectivity index (χ4v) is 1.56. The third-order valence-electron chi connectivity index (χ3n) is 2.66. The van der Waals surface area contributed by atoms with Crippen LogP contribution in [-0.2, 0) is 0 Å². The molecule has 1 aromatic carbocycles. The quantitative estimate of drug-likeness (QED) is 0.727. The number of benzene rings is 1. The summed E-state index contributed by atoms with van der Waals surface area (Å²) in [6, 6.07) is 5.67. The summed E-state index contributed by atoms with van der Waals surface area (Å²) in [6.07, 6.45) is 2.10. The lowest BCUT2D eigenvalue weighted by atomic mass is 10.0. The van der Waals surface area contributed by atoms with Crippen molar-refractivity contribution in [2.75, 3.05) is 7.11 Å². The first-order valence-corrected chi connectivity index (χ1v) is 5.91. The zero-order chi connectivity index (χ0) is 12.1. The van der Waals surface area contributed by atoms with Crippen molar-refractivity contribution in [3.05, 3.63) is 29.3 Å². The van der Waals surface area contributed by atoms with E-state index in [1.54, 1.807) is 7.11 Å². The predicted molar refractivity (Wildman–Crippen MR) is 66.1 cm³/mol. The molecular weight excluding hydrogens is 200 g/mol. The fraction of sp³-hybridized carbons (Fsp3) is 0.500. The Balaban J connectivity index is 0.000000606. The zero-order valence-electron chi connectivity index (χ0n) is 10.5. The molecule has 0 heterocycles. The number of ketones is 1. The molecule has 0 N–H and O–H groups in total. The van der Waals surface area contributed by atoms with Crippen molar-refractivity contribution in [2.24, 2.45) is 5.92 Å². The molecule has 0 bridgehead atoms. The Morgan fingerprint density at radius 2 is 1.94 bits per heavy atom. The average Bonchev–Trinajstić information content (AvgIpc) is 3.15. The van der Waals surface area contributed by atoms with Crippen molar-refractivity contribution in [1.29, 1.82) is 0 Å². The van der Waals surface area contributed by atoms with Gasteiger partial charge in [0.15, 0.2) is 5.78 Å². The maximum Gasteiger partial charge on any atom is 0.166 e. The number of hydrogen-bond acceptors (Lipinski definition) is 2. The van der Waals surface area contributed by atoms with Gasteiger partial charge in [-0.15, -0.1) is 0 Å². The highest BCUT2D eigenvalue weighted by molar-refractivity contribution is 6.00. The van der Waals surface area contributed by atoms with Crippen LogP contribution in [0.3, 0.4) is 0 Å². The van der Waals surface area contributed by atoms with E-state index in [1.807, 2.05) is 39.0 Å². The first kappa shape index (κ1) is 12.8. The van der Waals surface area contributed by atoms with Crippen LogP contribution < -0.4 is 4.74 Å². The topological polar surface area (TPSA) is 26.3 Å². The lowest BCUT2D eigenvalue weighted by Gasteiger charge is -2.06. The van der Waals surface area contributed by atoms with Gasteiger partial charge in [-0.05, 0) is 37.5 Å². The van der Waals surface area contributed by atoms with E-state index in [0.717, 1.165) is 29.7 Å². The predicted octanol–water partition coefficient (Wildman–Crippen LogP) is 3.62. The van der Waals surface area contributed by atoms with Crippen molar-refractivity contribution < 1.29 is 9.53 Å². The molecule has 1 aromatic rings. The highest BCUT2D eigenvalue weighted by Crippen LogP contribution is 2.34. The van der Waals surface area contributed by atoms with Gasteiger partial charge in [0, 0.05) is 11.5 Å². The van der Waals surface area contributed by atoms with E-state index in [0.29, 0.717) is 0 Å². The molecule has 0 radical (unpaired) electrons. The van der Waals surface area contributed by atoms with Gasteiger partial charge >= 0.3 is 0 Å². The zero-order valence-corrected chi connectivity index (χ0v) is 10.5. The molecule has 1 fully saturated rings. The van der Waals surface area contributed by atoms with Crippen LogP contribution in [-0.4, -0.2) is 12.9 Å². The number of aryl methyl sites for hydroxylation is 1. The Morgan fingerprint density at radius 1 is 1.31 bits per heavy atom. The highest BCUT2D eigenvalue weighted by atomic mass is 16.5. The summed E-state index contributed by atoms with van der Waals surface area (Å²) in [7, 11) is 1.62. The van der Waals surface area contributed by atoms with E-state index in [2.05, 4.69) is 0 Å². The van der Waals surface area contributed by atoms with Gasteiger partial charge in [-0.25, -0.2) is 0 Å². The highest BCUT2D eigenvalue weighted by Gasteiger charge is 2.31. The number of ether oxygens (including phenoxy) is 1. The summed E-state index contributed by atoms with van der Waals surface area (Å²) in [5.74, 6) is 1.32. The van der Waals surface area contributed by atoms with Gasteiger partial charge in [-0.2, -0.15) is 0 Å². The fourth-order valence-electron chi connectivity index (χ4n) is 1.56. The SMILES string of the molecule is CC.COc1ccc(C)c(C(=O)C2CC2)c1. The summed E-state index contributed by atoms with van der Waals surface area (Å²) in [5, 5.41) is 0. The summed E-state index contributed by atoms with van der Waals surface area (Å²) in [6.45, 7) is 5.97. The first-order valence-electron chi connectivity index (χ1n) is 5.91. The summed E-state index contributed by atoms with van der Waals surface area (Å²) < 4.78 is 5.11. The molecule has 1 aliphatic rings. The number of rotatable bonds is 3. The second-order valence-corrected chi connectivity index (χ2v) is 3.82. The van der Waals surface area contributed by atoms with Crippen molar-refractivity contribution in [1.82, 2.24) is 0 Å². The number of carbonyl (C=O) groups excluding carboxylic acids is 1. The van der Waals surface area contributed by atoms with E-state index in [9.17, 15) is 4.79 Å². The Kier molecular flexibility index (Phi) is 4.53. The number of carbonyl (C=O) groups is 1. The van der Waals surface area contributed by atoms with Crippen LogP contribution in [0.15, 0.2) is 18.2 Å². The van der Waals surface area contributed by atoms with E-state index < -0.39 is 0 Å². The van der Waals surface area contributed by atoms with E-state index in [4.69, 9.17) is 4.74 Å². The van der Waals surface area contributed by atoms with Gasteiger partial charge < -0.3 is 4.74 Å². The van der Waals surface area contributed by atoms with E-state index in [-0.39, 0.29) is 11.7 Å². The van der Waals surface area contributed by atoms with Crippen LogP contribution in [0.2, 0.25) is 0 Å². The number of Topliss-reactive ketones (excluding diaryl/α,β-unsaturated/α-hetero) is 1. The standard InChI is InChI=1S/C12H14O2.C2H6/c1-8-3-6-10(14-2)7-11(8)12(13)9-4-5-9;1-2/h3,6-7,9H,4-5H2,1-2H3;1-2H3. The molecule has 2 heteroatoms. The van der Waals surface area contributed by atoms with Gasteiger partial charge in [0.05, 0.1) is 7.11 Å². The van der Waals surface area contributed by atoms with Crippen molar-refractivity contribution >= 4 is 5.78 Å². The molecule has 1 aliphatic carbocycles. The second kappa shape index (κ2) is 5.69. The first-order chi connectivity index (χ1) is 7.72. The summed E-state index contributed by atoms with van der Waals surface area (Å²) in [4.78, 5) is 11.8. The van der Waals surface area contributed by atoms with Crippen molar-refractivity contribution in [3.63, 3.8) is 0 Å². The molecule has 0 aliphatic heterocycles. The molecule has 0 spiro atoms. The average molecular weight is 220 g/mol. The number of hydrogen-bond donors (Lipinski definition) is 0. The Morgan fingerprint density at radius 3 is 2.44 bits per heavy atom. The molecule has 0 unspecified atom stereocenters. The maximum absolute atomic E-state index is 11.8. The van der Waals surface area contributed by atoms with Gasteiger partial charge in [0.2, 0.25) is 0 Å². The lowest BCUT2D eigenvalue weighted by molar-refractivity contribution is 0.0966. The van der Waals surface area contributed by atoms with Gasteiger partial charge in [0.25, 0.3) is 0 Å². The van der Waals surface area contributed by atoms with Gasteiger partial charge in [-0.1, -0.05) is 19.9 Å². The monoisotopic (exact) mass is 220 g/mol. The molecule has 2 nitrogen and oxygen atoms in total. The van der Waals surface area contributed by atoms with Gasteiger partial charge in [0.1, 0.15) is 5.75 Å². The van der Waals surface area contributed by atoms with Crippen LogP contribution in [0.1, 0.15) is 42.6 Å². The van der Waals surface area contributed by atoms with E-state index in [1.165, 1.54) is 0 Å². The Labute approximate surface area is 97.6 Å². The molecule has 0 amide bonds. The minimum atomic E-state index is 0.279. The summed E-state index contributed by atoms with van der Waals surface area (Å²) >= 11 is 0. The Hall–Kier alpha value is -1.31. The molecule has 0 atom stereocenters. The maximum atomic E-state index is 11.8. The molecule has 0 aromatic heterocycles. The van der Waals surface area contributed by atoms with Crippen molar-refractivity contribution in [3.8, 4) is 5.75 Å².